The van der Waals surface area contributed by atoms with Gasteiger partial charge in [-0.1, -0.05) is 63.2 Å². The zero-order chi connectivity index (χ0) is 20.3. The molecule has 0 radical (unpaired) electrons. The van der Waals surface area contributed by atoms with Gasteiger partial charge < -0.3 is 0 Å². The summed E-state index contributed by atoms with van der Waals surface area (Å²) in [5, 5.41) is 0.738. The summed E-state index contributed by atoms with van der Waals surface area (Å²) in [6.45, 7) is 8.24. The van der Waals surface area contributed by atoms with E-state index in [9.17, 15) is 9.18 Å². The second-order valence-corrected chi connectivity index (χ2v) is 8.47. The van der Waals surface area contributed by atoms with Crippen molar-refractivity contribution in [2.45, 2.75) is 47.0 Å². The van der Waals surface area contributed by atoms with Crippen molar-refractivity contribution in [3.05, 3.63) is 77.2 Å². The van der Waals surface area contributed by atoms with Gasteiger partial charge >= 0.3 is 0 Å². The Kier molecular flexibility index (Phi) is 5.93. The lowest BCUT2D eigenvalue weighted by molar-refractivity contribution is -0.128. The van der Waals surface area contributed by atoms with Gasteiger partial charge in [-0.3, -0.25) is 4.79 Å². The number of hydrogen-bond donors (Lipinski definition) is 0. The van der Waals surface area contributed by atoms with E-state index in [0.29, 0.717) is 17.9 Å². The van der Waals surface area contributed by atoms with Crippen LogP contribution in [0.4, 0.5) is 4.39 Å². The molecule has 0 fully saturated rings. The Hall–Kier alpha value is -2.55. The van der Waals surface area contributed by atoms with Gasteiger partial charge in [-0.05, 0) is 48.9 Å². The van der Waals surface area contributed by atoms with Crippen LogP contribution in [0.2, 0.25) is 0 Å². The first-order valence-corrected chi connectivity index (χ1v) is 9.90. The number of Topliss-reactive ketones (excluding diaryl/α,β-unsaturated/α-hetero) is 1. The molecule has 0 aliphatic rings. The first-order chi connectivity index (χ1) is 13.3. The van der Waals surface area contributed by atoms with E-state index in [4.69, 9.17) is 0 Å². The lowest BCUT2D eigenvalue weighted by Crippen LogP contribution is -2.33. The van der Waals surface area contributed by atoms with Crippen molar-refractivity contribution < 1.29 is 9.18 Å². The van der Waals surface area contributed by atoms with Gasteiger partial charge in [-0.15, -0.1) is 0 Å². The smallest absolute Gasteiger partial charge is 0.149 e. The Morgan fingerprint density at radius 1 is 1.11 bits per heavy atom. The highest BCUT2D eigenvalue weighted by molar-refractivity contribution is 5.88. The SMILES string of the molecule is Cc1nc2c(F)cccc2cc1CC(=O)C(C)(Cc1ccccc1)CC(C)C. The first kappa shape index (κ1) is 20.2. The summed E-state index contributed by atoms with van der Waals surface area (Å²) in [5.74, 6) is 0.306. The number of nitrogens with zero attached hydrogens (tertiary/aromatic N) is 1. The van der Waals surface area contributed by atoms with Gasteiger partial charge in [-0.2, -0.15) is 0 Å². The Morgan fingerprint density at radius 2 is 1.82 bits per heavy atom. The Morgan fingerprint density at radius 3 is 2.50 bits per heavy atom. The minimum absolute atomic E-state index is 0.214. The number of halogens is 1. The van der Waals surface area contributed by atoms with Crippen molar-refractivity contribution in [3.8, 4) is 0 Å². The maximum atomic E-state index is 14.0. The van der Waals surface area contributed by atoms with Gasteiger partial charge in [0.2, 0.25) is 0 Å². The summed E-state index contributed by atoms with van der Waals surface area (Å²) in [7, 11) is 0. The number of pyridine rings is 1. The van der Waals surface area contributed by atoms with E-state index in [-0.39, 0.29) is 11.6 Å². The number of rotatable bonds is 7. The molecule has 1 atom stereocenters. The maximum Gasteiger partial charge on any atom is 0.149 e. The number of aryl methyl sites for hydroxylation is 1. The van der Waals surface area contributed by atoms with Gasteiger partial charge in [0, 0.05) is 22.9 Å². The fourth-order valence-electron chi connectivity index (χ4n) is 4.10. The molecule has 0 aliphatic carbocycles. The van der Waals surface area contributed by atoms with Crippen LogP contribution in [0.1, 0.15) is 44.0 Å². The fourth-order valence-corrected chi connectivity index (χ4v) is 4.10. The molecule has 2 aromatic carbocycles. The van der Waals surface area contributed by atoms with E-state index in [0.717, 1.165) is 29.5 Å². The molecule has 1 unspecified atom stereocenters. The van der Waals surface area contributed by atoms with Crippen molar-refractivity contribution in [1.82, 2.24) is 4.98 Å². The molecule has 1 heterocycles. The van der Waals surface area contributed by atoms with Gasteiger partial charge in [0.05, 0.1) is 0 Å². The zero-order valence-corrected chi connectivity index (χ0v) is 17.1. The number of benzene rings is 2. The molecule has 2 nitrogen and oxygen atoms in total. The molecule has 28 heavy (non-hydrogen) atoms. The number of ketones is 1. The summed E-state index contributed by atoms with van der Waals surface area (Å²) < 4.78 is 14.0. The summed E-state index contributed by atoms with van der Waals surface area (Å²) >= 11 is 0. The van der Waals surface area contributed by atoms with E-state index in [1.165, 1.54) is 11.6 Å². The molecule has 146 valence electrons. The van der Waals surface area contributed by atoms with Crippen LogP contribution in [0.25, 0.3) is 10.9 Å². The van der Waals surface area contributed by atoms with Crippen LogP contribution >= 0.6 is 0 Å². The third-order valence-electron chi connectivity index (χ3n) is 5.41. The largest absolute Gasteiger partial charge is 0.299 e. The van der Waals surface area contributed by atoms with Crippen LogP contribution < -0.4 is 0 Å². The minimum atomic E-state index is -0.446. The van der Waals surface area contributed by atoms with Crippen molar-refractivity contribution >= 4 is 16.7 Å². The van der Waals surface area contributed by atoms with Crippen LogP contribution in [-0.4, -0.2) is 10.8 Å². The van der Waals surface area contributed by atoms with Crippen LogP contribution in [0.3, 0.4) is 0 Å². The van der Waals surface area contributed by atoms with Crippen molar-refractivity contribution in [3.63, 3.8) is 0 Å². The van der Waals surface area contributed by atoms with Gasteiger partial charge in [0.1, 0.15) is 17.1 Å². The van der Waals surface area contributed by atoms with Gasteiger partial charge in [0.25, 0.3) is 0 Å². The van der Waals surface area contributed by atoms with Gasteiger partial charge in [0.15, 0.2) is 0 Å². The van der Waals surface area contributed by atoms with Crippen LogP contribution in [-0.2, 0) is 17.6 Å². The molecule has 0 aliphatic heterocycles. The molecular weight excluding hydrogens is 349 g/mol. The molecule has 0 saturated carbocycles. The van der Waals surface area contributed by atoms with E-state index < -0.39 is 5.41 Å². The monoisotopic (exact) mass is 377 g/mol. The third-order valence-corrected chi connectivity index (χ3v) is 5.41. The Balaban J connectivity index is 1.91. The summed E-state index contributed by atoms with van der Waals surface area (Å²) in [6.07, 6.45) is 1.87. The number of fused-ring (bicyclic) bond motifs is 1. The van der Waals surface area contributed by atoms with Crippen LogP contribution in [0.15, 0.2) is 54.6 Å². The predicted octanol–water partition coefficient (Wildman–Crippen LogP) is 6.09. The molecule has 0 N–H and O–H groups in total. The molecule has 3 rings (SSSR count). The highest BCUT2D eigenvalue weighted by Crippen LogP contribution is 2.33. The van der Waals surface area contributed by atoms with Crippen LogP contribution in [0.5, 0.6) is 0 Å². The second kappa shape index (κ2) is 8.22. The van der Waals surface area contributed by atoms with Crippen molar-refractivity contribution in [2.75, 3.05) is 0 Å². The van der Waals surface area contributed by atoms with E-state index in [2.05, 4.69) is 37.9 Å². The molecule has 0 spiro atoms. The zero-order valence-electron chi connectivity index (χ0n) is 17.1. The van der Waals surface area contributed by atoms with Crippen molar-refractivity contribution in [2.24, 2.45) is 11.3 Å². The average molecular weight is 378 g/mol. The Bertz CT molecular complexity index is 981. The van der Waals surface area contributed by atoms with E-state index in [1.807, 2.05) is 37.3 Å². The highest BCUT2D eigenvalue weighted by Gasteiger charge is 2.34. The summed E-state index contributed by atoms with van der Waals surface area (Å²) in [6, 6.07) is 17.0. The second-order valence-electron chi connectivity index (χ2n) is 8.47. The standard InChI is InChI=1S/C25H28FNO/c1-17(2)15-25(4,16-19-9-6-5-7-10-19)23(28)14-21-13-20-11-8-12-22(26)24(20)27-18(21)3/h5-13,17H,14-16H2,1-4H3. The number of carbonyl (C=O) groups excluding carboxylic acids is 1. The molecule has 3 aromatic rings. The molecule has 1 aromatic heterocycles. The normalized spacial score (nSPS) is 13.6. The number of hydrogen-bond acceptors (Lipinski definition) is 2. The Labute approximate surface area is 166 Å². The van der Waals surface area contributed by atoms with Gasteiger partial charge in [-0.25, -0.2) is 9.37 Å². The lowest BCUT2D eigenvalue weighted by atomic mass is 9.72. The van der Waals surface area contributed by atoms with Crippen LogP contribution in [0, 0.1) is 24.1 Å². The maximum absolute atomic E-state index is 14.0. The summed E-state index contributed by atoms with van der Waals surface area (Å²) in [5.41, 5.74) is 2.70. The number of carbonyl (C=O) groups is 1. The minimum Gasteiger partial charge on any atom is -0.299 e. The number of para-hydroxylation sites is 1. The van der Waals surface area contributed by atoms with E-state index >= 15 is 0 Å². The molecular formula is C25H28FNO. The highest BCUT2D eigenvalue weighted by atomic mass is 19.1. The predicted molar refractivity (Wildman–Crippen MR) is 113 cm³/mol. The first-order valence-electron chi connectivity index (χ1n) is 9.90. The van der Waals surface area contributed by atoms with E-state index in [1.54, 1.807) is 6.07 Å². The quantitative estimate of drug-likeness (QED) is 0.499. The fraction of sp³-hybridized carbons (Fsp3) is 0.360. The van der Waals surface area contributed by atoms with Crippen molar-refractivity contribution in [1.29, 1.82) is 0 Å². The third kappa shape index (κ3) is 4.46. The molecule has 0 saturated heterocycles. The summed E-state index contributed by atoms with van der Waals surface area (Å²) in [4.78, 5) is 17.9. The molecule has 3 heteroatoms. The lowest BCUT2D eigenvalue weighted by Gasteiger charge is -2.30. The molecule has 0 amide bonds. The number of aromatic nitrogens is 1. The topological polar surface area (TPSA) is 30.0 Å². The molecule has 0 bridgehead atoms. The average Bonchev–Trinajstić information content (AvgIpc) is 2.63.